The van der Waals surface area contributed by atoms with Gasteiger partial charge in [-0.1, -0.05) is 12.5 Å². The number of halogens is 2. The maximum absolute atomic E-state index is 14.2. The molecule has 3 saturated heterocycles. The lowest BCUT2D eigenvalue weighted by molar-refractivity contribution is 0.00467. The third kappa shape index (κ3) is 4.43. The number of nitrogens with zero attached hydrogens (tertiary/aromatic N) is 3. The summed E-state index contributed by atoms with van der Waals surface area (Å²) in [6.45, 7) is 3.35. The van der Waals surface area contributed by atoms with E-state index in [1.807, 2.05) is 4.90 Å². The van der Waals surface area contributed by atoms with Crippen molar-refractivity contribution in [1.82, 2.24) is 14.1 Å². The van der Waals surface area contributed by atoms with Crippen LogP contribution in [0, 0.1) is 0 Å². The normalized spacial score (nSPS) is 28.7. The Morgan fingerprint density at radius 2 is 1.82 bits per heavy atom. The second-order valence-electron chi connectivity index (χ2n) is 8.31. The van der Waals surface area contributed by atoms with Crippen molar-refractivity contribution >= 4 is 21.4 Å². The number of sulfonamides is 1. The number of rotatable bonds is 5. The molecular formula is C19H29F2N3O2S2. The molecule has 9 heteroatoms. The van der Waals surface area contributed by atoms with Crippen molar-refractivity contribution in [2.24, 2.45) is 0 Å². The molecule has 0 radical (unpaired) electrons. The van der Waals surface area contributed by atoms with Crippen LogP contribution < -0.4 is 0 Å². The molecule has 0 amide bonds. The van der Waals surface area contributed by atoms with Crippen LogP contribution in [0.15, 0.2) is 21.7 Å². The van der Waals surface area contributed by atoms with Gasteiger partial charge in [0.15, 0.2) is 0 Å². The molecule has 0 aliphatic carbocycles. The summed E-state index contributed by atoms with van der Waals surface area (Å²) in [5.41, 5.74) is 0. The molecule has 0 spiro atoms. The summed E-state index contributed by atoms with van der Waals surface area (Å²) in [6.07, 6.45) is 4.72. The van der Waals surface area contributed by atoms with E-state index in [4.69, 9.17) is 0 Å². The summed E-state index contributed by atoms with van der Waals surface area (Å²) in [6, 6.07) is 3.28. The molecule has 5 nitrogen and oxygen atoms in total. The zero-order chi connectivity index (χ0) is 19.8. The summed E-state index contributed by atoms with van der Waals surface area (Å²) < 4.78 is 55.8. The maximum atomic E-state index is 14.2. The summed E-state index contributed by atoms with van der Waals surface area (Å²) in [4.78, 5) is 4.32. The van der Waals surface area contributed by atoms with Gasteiger partial charge in [0.25, 0.3) is 15.9 Å². The Kier molecular flexibility index (Phi) is 6.09. The fraction of sp³-hybridized carbons (Fsp3) is 0.789. The van der Waals surface area contributed by atoms with Crippen molar-refractivity contribution in [1.29, 1.82) is 0 Å². The molecule has 28 heavy (non-hydrogen) atoms. The van der Waals surface area contributed by atoms with E-state index in [-0.39, 0.29) is 25.0 Å². The highest BCUT2D eigenvalue weighted by Crippen LogP contribution is 2.37. The van der Waals surface area contributed by atoms with E-state index >= 15 is 0 Å². The molecule has 0 N–H and O–H groups in total. The van der Waals surface area contributed by atoms with Crippen LogP contribution in [0.1, 0.15) is 38.5 Å². The van der Waals surface area contributed by atoms with Crippen LogP contribution in [0.2, 0.25) is 0 Å². The number of hydrogen-bond donors (Lipinski definition) is 0. The Bertz CT molecular complexity index is 743. The smallest absolute Gasteiger partial charge is 0.262 e. The average molecular weight is 434 g/mol. The Labute approximate surface area is 170 Å². The first-order valence-corrected chi connectivity index (χ1v) is 12.6. The first-order chi connectivity index (χ1) is 13.4. The van der Waals surface area contributed by atoms with Gasteiger partial charge in [0.05, 0.1) is 6.54 Å². The number of thiophene rings is 1. The van der Waals surface area contributed by atoms with E-state index < -0.39 is 15.9 Å². The van der Waals surface area contributed by atoms with Crippen molar-refractivity contribution in [3.8, 4) is 0 Å². The summed E-state index contributed by atoms with van der Waals surface area (Å²) >= 11 is 1.22. The Balaban J connectivity index is 1.39. The van der Waals surface area contributed by atoms with Crippen LogP contribution in [-0.4, -0.2) is 79.8 Å². The minimum atomic E-state index is -3.45. The maximum Gasteiger partial charge on any atom is 0.262 e. The van der Waals surface area contributed by atoms with E-state index in [9.17, 15) is 17.2 Å². The average Bonchev–Trinajstić information content (AvgIpc) is 3.31. The Morgan fingerprint density at radius 1 is 1.11 bits per heavy atom. The van der Waals surface area contributed by atoms with E-state index in [1.165, 1.54) is 22.1 Å². The van der Waals surface area contributed by atoms with Gasteiger partial charge in [0.2, 0.25) is 0 Å². The highest BCUT2D eigenvalue weighted by molar-refractivity contribution is 7.91. The molecule has 1 aromatic rings. The van der Waals surface area contributed by atoms with Gasteiger partial charge in [0, 0.05) is 38.1 Å². The minimum absolute atomic E-state index is 0.0398. The molecular weight excluding hydrogens is 404 g/mol. The van der Waals surface area contributed by atoms with Gasteiger partial charge < -0.3 is 4.90 Å². The molecule has 3 aliphatic rings. The van der Waals surface area contributed by atoms with Crippen molar-refractivity contribution in [3.05, 3.63) is 17.5 Å². The van der Waals surface area contributed by atoms with Gasteiger partial charge in [-0.2, -0.15) is 4.31 Å². The molecule has 0 aromatic carbocycles. The fourth-order valence-corrected chi connectivity index (χ4v) is 7.53. The third-order valence-corrected chi connectivity index (χ3v) is 9.59. The quantitative estimate of drug-likeness (QED) is 0.716. The van der Waals surface area contributed by atoms with Crippen molar-refractivity contribution in [2.45, 2.75) is 60.7 Å². The highest BCUT2D eigenvalue weighted by Gasteiger charge is 2.48. The Morgan fingerprint density at radius 3 is 2.46 bits per heavy atom. The third-order valence-electron chi connectivity index (χ3n) is 6.32. The number of alkyl halides is 2. The van der Waals surface area contributed by atoms with Gasteiger partial charge >= 0.3 is 0 Å². The minimum Gasteiger partial charge on any atom is -0.302 e. The molecule has 158 valence electrons. The van der Waals surface area contributed by atoms with E-state index in [2.05, 4.69) is 4.90 Å². The lowest BCUT2D eigenvalue weighted by atomic mass is 10.0. The largest absolute Gasteiger partial charge is 0.302 e. The molecule has 0 bridgehead atoms. The number of hydrogen-bond acceptors (Lipinski definition) is 5. The van der Waals surface area contributed by atoms with Gasteiger partial charge in [-0.05, 0) is 50.2 Å². The number of likely N-dealkylation sites (tertiary alicyclic amines) is 2. The number of piperidine rings is 2. The van der Waals surface area contributed by atoms with Crippen LogP contribution in [0.3, 0.4) is 0 Å². The first kappa shape index (κ1) is 20.7. The lowest BCUT2D eigenvalue weighted by Crippen LogP contribution is -2.51. The molecule has 1 atom stereocenters. The van der Waals surface area contributed by atoms with Gasteiger partial charge in [-0.15, -0.1) is 11.3 Å². The van der Waals surface area contributed by atoms with Gasteiger partial charge in [0.1, 0.15) is 4.21 Å². The second-order valence-corrected chi connectivity index (χ2v) is 11.4. The molecule has 4 heterocycles. The molecule has 3 fully saturated rings. The Hall–Kier alpha value is -0.610. The zero-order valence-electron chi connectivity index (χ0n) is 16.1. The first-order valence-electron chi connectivity index (χ1n) is 10.2. The lowest BCUT2D eigenvalue weighted by Gasteiger charge is -2.40. The van der Waals surface area contributed by atoms with E-state index in [0.717, 1.165) is 25.9 Å². The van der Waals surface area contributed by atoms with Crippen LogP contribution in [0.5, 0.6) is 0 Å². The van der Waals surface area contributed by atoms with Gasteiger partial charge in [-0.25, -0.2) is 17.2 Å². The zero-order valence-corrected chi connectivity index (χ0v) is 17.7. The van der Waals surface area contributed by atoms with E-state index in [0.29, 0.717) is 36.7 Å². The predicted molar refractivity (Wildman–Crippen MR) is 106 cm³/mol. The molecule has 4 rings (SSSR count). The fourth-order valence-electron chi connectivity index (χ4n) is 4.91. The summed E-state index contributed by atoms with van der Waals surface area (Å²) in [5.74, 6) is -2.64. The van der Waals surface area contributed by atoms with Crippen LogP contribution in [0.4, 0.5) is 8.78 Å². The van der Waals surface area contributed by atoms with Crippen LogP contribution in [-0.2, 0) is 10.0 Å². The SMILES string of the molecule is O=S(=O)(c1cccs1)N1CCC(N2CC(F)(F)C[C@H]2CN2CCCCC2)CC1. The van der Waals surface area contributed by atoms with Crippen molar-refractivity contribution < 1.29 is 17.2 Å². The topological polar surface area (TPSA) is 43.9 Å². The molecule has 0 saturated carbocycles. The summed E-state index contributed by atoms with van der Waals surface area (Å²) in [5, 5.41) is 1.76. The van der Waals surface area contributed by atoms with Crippen LogP contribution >= 0.6 is 11.3 Å². The predicted octanol–water partition coefficient (Wildman–Crippen LogP) is 3.10. The molecule has 3 aliphatic heterocycles. The van der Waals surface area contributed by atoms with Gasteiger partial charge in [-0.3, -0.25) is 4.90 Å². The molecule has 1 aromatic heterocycles. The standard InChI is InChI=1S/C19H29F2N3O2S2/c20-19(21)13-17(14-22-8-2-1-3-9-22)24(15-19)16-6-10-23(11-7-16)28(25,26)18-5-4-12-27-18/h4-5,12,16-17H,1-3,6-11,13-15H2/t17-/m0/s1. The monoisotopic (exact) mass is 433 g/mol. The van der Waals surface area contributed by atoms with Crippen LogP contribution in [0.25, 0.3) is 0 Å². The highest BCUT2D eigenvalue weighted by atomic mass is 32.2. The van der Waals surface area contributed by atoms with Crippen molar-refractivity contribution in [2.75, 3.05) is 39.3 Å². The summed E-state index contributed by atoms with van der Waals surface area (Å²) in [7, 11) is -3.45. The van der Waals surface area contributed by atoms with E-state index in [1.54, 1.807) is 17.5 Å². The molecule has 0 unspecified atom stereocenters. The second kappa shape index (κ2) is 8.26. The van der Waals surface area contributed by atoms with Crippen molar-refractivity contribution in [3.63, 3.8) is 0 Å².